The molecule has 10 heteroatoms. The van der Waals surface area contributed by atoms with Gasteiger partial charge >= 0.3 is 6.03 Å². The molecule has 2 aliphatic heterocycles. The van der Waals surface area contributed by atoms with E-state index in [4.69, 9.17) is 4.42 Å². The van der Waals surface area contributed by atoms with Gasteiger partial charge in [0, 0.05) is 42.7 Å². The van der Waals surface area contributed by atoms with Crippen LogP contribution in [0, 0.1) is 6.92 Å². The third-order valence-corrected chi connectivity index (χ3v) is 6.21. The molecule has 0 aliphatic carbocycles. The Morgan fingerprint density at radius 2 is 2.00 bits per heavy atom. The molecule has 8 nitrogen and oxygen atoms in total. The van der Waals surface area contributed by atoms with E-state index >= 15 is 0 Å². The average Bonchev–Trinajstić information content (AvgIpc) is 3.32. The van der Waals surface area contributed by atoms with Crippen LogP contribution in [0.15, 0.2) is 35.0 Å². The number of hydrogen-bond donors (Lipinski definition) is 2. The lowest BCUT2D eigenvalue weighted by molar-refractivity contribution is 0.115. The predicted octanol–water partition coefficient (Wildman–Crippen LogP) is 3.98. The van der Waals surface area contributed by atoms with Gasteiger partial charge < -0.3 is 14.6 Å². The van der Waals surface area contributed by atoms with Gasteiger partial charge in [-0.15, -0.1) is 0 Å². The molecule has 0 spiro atoms. The Morgan fingerprint density at radius 3 is 2.69 bits per heavy atom. The number of rotatable bonds is 5. The standard InChI is InChI=1S/C22H24F2N6O2/c1-12-25-10-19(32-12)17-5-2-13-9-27-21(8-18(13)28-17)29-22(31)30-15-3-4-16(30)7-14(6-15)26-11-20(23)24/h2,5,8-10,14-16,20,26H,3-4,6-7,11H2,1H3,(H,27,29,31)/t14?,15-,16+. The second-order valence-corrected chi connectivity index (χ2v) is 8.39. The Labute approximate surface area is 183 Å². The van der Waals surface area contributed by atoms with Gasteiger partial charge in [-0.3, -0.25) is 5.32 Å². The smallest absolute Gasteiger partial charge is 0.323 e. The molecular weight excluding hydrogens is 418 g/mol. The van der Waals surface area contributed by atoms with Crippen LogP contribution in [0.25, 0.3) is 22.4 Å². The highest BCUT2D eigenvalue weighted by Gasteiger charge is 2.43. The number of pyridine rings is 2. The van der Waals surface area contributed by atoms with Crippen molar-refractivity contribution in [2.45, 2.75) is 57.2 Å². The van der Waals surface area contributed by atoms with Crippen LogP contribution in [-0.4, -0.2) is 57.0 Å². The number of halogens is 2. The number of fused-ring (bicyclic) bond motifs is 3. The number of amides is 2. The lowest BCUT2D eigenvalue weighted by Crippen LogP contribution is -2.53. The zero-order valence-electron chi connectivity index (χ0n) is 17.6. The number of nitrogens with one attached hydrogen (secondary N) is 2. The number of alkyl halides is 2. The molecule has 168 valence electrons. The molecule has 2 saturated heterocycles. The van der Waals surface area contributed by atoms with Crippen molar-refractivity contribution < 1.29 is 18.0 Å². The Morgan fingerprint density at radius 1 is 1.22 bits per heavy atom. The molecule has 2 amide bonds. The van der Waals surface area contributed by atoms with Crippen molar-refractivity contribution in [3.05, 3.63) is 36.5 Å². The lowest BCUT2D eigenvalue weighted by Gasteiger charge is -2.39. The average molecular weight is 442 g/mol. The molecule has 3 atom stereocenters. The molecule has 0 radical (unpaired) electrons. The number of urea groups is 1. The maximum Gasteiger partial charge on any atom is 0.323 e. The number of piperidine rings is 1. The fourth-order valence-electron chi connectivity index (χ4n) is 4.81. The second kappa shape index (κ2) is 8.42. The fraction of sp³-hybridized carbons (Fsp3) is 0.455. The highest BCUT2D eigenvalue weighted by molar-refractivity contribution is 5.91. The first kappa shape index (κ1) is 20.7. The van der Waals surface area contributed by atoms with Crippen LogP contribution in [0.4, 0.5) is 19.4 Å². The van der Waals surface area contributed by atoms with Crippen LogP contribution in [-0.2, 0) is 0 Å². The first-order chi connectivity index (χ1) is 15.5. The molecular formula is C22H24F2N6O2. The highest BCUT2D eigenvalue weighted by atomic mass is 19.3. The second-order valence-electron chi connectivity index (χ2n) is 8.39. The quantitative estimate of drug-likeness (QED) is 0.621. The van der Waals surface area contributed by atoms with Gasteiger partial charge in [0.05, 0.1) is 18.3 Å². The number of hydrogen-bond acceptors (Lipinski definition) is 6. The topological polar surface area (TPSA) is 96.2 Å². The van der Waals surface area contributed by atoms with E-state index in [-0.39, 0.29) is 30.7 Å². The Balaban J connectivity index is 1.29. The Hall–Kier alpha value is -3.14. The fourth-order valence-corrected chi connectivity index (χ4v) is 4.81. The third-order valence-electron chi connectivity index (χ3n) is 6.21. The summed E-state index contributed by atoms with van der Waals surface area (Å²) >= 11 is 0. The van der Waals surface area contributed by atoms with Crippen molar-refractivity contribution in [3.8, 4) is 11.5 Å². The van der Waals surface area contributed by atoms with Gasteiger partial charge in [0.25, 0.3) is 6.43 Å². The summed E-state index contributed by atoms with van der Waals surface area (Å²) in [6.45, 7) is 1.47. The summed E-state index contributed by atoms with van der Waals surface area (Å²) in [5.74, 6) is 1.55. The highest BCUT2D eigenvalue weighted by Crippen LogP contribution is 2.36. The van der Waals surface area contributed by atoms with Crippen molar-refractivity contribution in [2.24, 2.45) is 0 Å². The summed E-state index contributed by atoms with van der Waals surface area (Å²) in [5.41, 5.74) is 1.33. The van der Waals surface area contributed by atoms with Crippen LogP contribution in [0.5, 0.6) is 0 Å². The van der Waals surface area contributed by atoms with Crippen molar-refractivity contribution in [1.82, 2.24) is 25.2 Å². The molecule has 2 N–H and O–H groups in total. The Kier molecular flexibility index (Phi) is 5.46. The predicted molar refractivity (Wildman–Crippen MR) is 114 cm³/mol. The summed E-state index contributed by atoms with van der Waals surface area (Å²) in [6.07, 6.45) is 4.07. The number of anilines is 1. The number of nitrogens with zero attached hydrogens (tertiary/aromatic N) is 4. The summed E-state index contributed by atoms with van der Waals surface area (Å²) < 4.78 is 30.6. The number of carbonyl (C=O) groups is 1. The minimum atomic E-state index is -2.37. The molecule has 1 unspecified atom stereocenters. The van der Waals surface area contributed by atoms with Gasteiger partial charge in [0.15, 0.2) is 11.7 Å². The number of aromatic nitrogens is 3. The van der Waals surface area contributed by atoms with Crippen molar-refractivity contribution in [1.29, 1.82) is 0 Å². The van der Waals surface area contributed by atoms with Crippen LogP contribution >= 0.6 is 0 Å². The van der Waals surface area contributed by atoms with E-state index in [2.05, 4.69) is 25.6 Å². The van der Waals surface area contributed by atoms with Crippen molar-refractivity contribution in [3.63, 3.8) is 0 Å². The molecule has 32 heavy (non-hydrogen) atoms. The normalized spacial score (nSPS) is 22.6. The minimum Gasteiger partial charge on any atom is -0.439 e. The molecule has 5 heterocycles. The van der Waals surface area contributed by atoms with E-state index in [0.29, 0.717) is 41.5 Å². The van der Waals surface area contributed by atoms with E-state index < -0.39 is 6.43 Å². The SMILES string of the molecule is Cc1ncc(-c2ccc3cnc(NC(=O)N4[C@@H]5CC[C@H]4CC(NCC(F)F)C5)cc3n2)o1. The molecule has 2 bridgehead atoms. The number of aryl methyl sites for hydroxylation is 1. The van der Waals surface area contributed by atoms with Crippen molar-refractivity contribution in [2.75, 3.05) is 11.9 Å². The maximum absolute atomic E-state index is 13.0. The van der Waals surface area contributed by atoms with E-state index in [1.165, 1.54) is 0 Å². The summed E-state index contributed by atoms with van der Waals surface area (Å²) in [7, 11) is 0. The number of oxazole rings is 1. The zero-order valence-corrected chi connectivity index (χ0v) is 17.6. The van der Waals surface area contributed by atoms with Gasteiger partial charge in [-0.25, -0.2) is 28.5 Å². The zero-order chi connectivity index (χ0) is 22.2. The molecule has 0 aromatic carbocycles. The maximum atomic E-state index is 13.0. The van der Waals surface area contributed by atoms with Crippen LogP contribution in [0.2, 0.25) is 0 Å². The first-order valence-electron chi connectivity index (χ1n) is 10.8. The van der Waals surface area contributed by atoms with Crippen LogP contribution in [0.3, 0.4) is 0 Å². The van der Waals surface area contributed by atoms with Gasteiger partial charge in [0.2, 0.25) is 0 Å². The lowest BCUT2D eigenvalue weighted by atomic mass is 9.97. The van der Waals surface area contributed by atoms with Crippen LogP contribution in [0.1, 0.15) is 31.6 Å². The minimum absolute atomic E-state index is 0.0201. The Bertz CT molecular complexity index is 1120. The molecule has 3 aromatic rings. The van der Waals surface area contributed by atoms with Crippen molar-refractivity contribution >= 4 is 22.8 Å². The van der Waals surface area contributed by atoms with E-state index in [9.17, 15) is 13.6 Å². The van der Waals surface area contributed by atoms with E-state index in [1.54, 1.807) is 25.4 Å². The van der Waals surface area contributed by atoms with Gasteiger partial charge in [0.1, 0.15) is 11.5 Å². The first-order valence-corrected chi connectivity index (χ1v) is 10.8. The van der Waals surface area contributed by atoms with Gasteiger partial charge in [-0.1, -0.05) is 0 Å². The van der Waals surface area contributed by atoms with Gasteiger partial charge in [-0.2, -0.15) is 0 Å². The molecule has 2 fully saturated rings. The molecule has 2 aliphatic rings. The molecule has 0 saturated carbocycles. The third kappa shape index (κ3) is 4.14. The summed E-state index contributed by atoms with van der Waals surface area (Å²) in [5, 5.41) is 6.66. The monoisotopic (exact) mass is 442 g/mol. The van der Waals surface area contributed by atoms with E-state index in [0.717, 1.165) is 18.2 Å². The molecule has 5 rings (SSSR count). The van der Waals surface area contributed by atoms with Gasteiger partial charge in [-0.05, 0) is 37.8 Å². The largest absolute Gasteiger partial charge is 0.439 e. The summed E-state index contributed by atoms with van der Waals surface area (Å²) in [4.78, 5) is 27.9. The van der Waals surface area contributed by atoms with Crippen LogP contribution < -0.4 is 10.6 Å². The molecule has 3 aromatic heterocycles. The summed E-state index contributed by atoms with van der Waals surface area (Å²) in [6, 6.07) is 5.37. The number of carbonyl (C=O) groups excluding carboxylic acids is 1. The van der Waals surface area contributed by atoms with E-state index in [1.807, 2.05) is 17.0 Å².